The fourth-order valence-corrected chi connectivity index (χ4v) is 1.84. The molecule has 0 aromatic heterocycles. The standard InChI is InChI=1S/C15H16N2O3/c1-11-3-5-12(6-4-11)10-16-14-8-7-13(20-2)9-15(14)17(18)19/h3-9,16H,10H2,1-2H3. The zero-order valence-electron chi connectivity index (χ0n) is 11.4. The second kappa shape index (κ2) is 6.06. The Morgan fingerprint density at radius 2 is 1.90 bits per heavy atom. The minimum atomic E-state index is -0.417. The van der Waals surface area contributed by atoms with E-state index in [-0.39, 0.29) is 5.69 Å². The van der Waals surface area contributed by atoms with Crippen LogP contribution in [0.3, 0.4) is 0 Å². The average Bonchev–Trinajstić information content (AvgIpc) is 2.46. The number of rotatable bonds is 5. The lowest BCUT2D eigenvalue weighted by atomic mass is 10.1. The summed E-state index contributed by atoms with van der Waals surface area (Å²) in [6.07, 6.45) is 0. The normalized spacial score (nSPS) is 10.1. The van der Waals surface area contributed by atoms with Gasteiger partial charge in [0.2, 0.25) is 0 Å². The SMILES string of the molecule is COc1ccc(NCc2ccc(C)cc2)c([N+](=O)[O-])c1. The predicted molar refractivity (Wildman–Crippen MR) is 78.2 cm³/mol. The van der Waals surface area contributed by atoms with Gasteiger partial charge >= 0.3 is 0 Å². The van der Waals surface area contributed by atoms with Crippen LogP contribution in [0, 0.1) is 17.0 Å². The maximum atomic E-state index is 11.1. The van der Waals surface area contributed by atoms with Crippen molar-refractivity contribution in [2.75, 3.05) is 12.4 Å². The number of hydrogen-bond acceptors (Lipinski definition) is 4. The van der Waals surface area contributed by atoms with Crippen LogP contribution in [0.1, 0.15) is 11.1 Å². The molecule has 0 radical (unpaired) electrons. The van der Waals surface area contributed by atoms with Crippen molar-refractivity contribution < 1.29 is 9.66 Å². The molecule has 0 aliphatic carbocycles. The highest BCUT2D eigenvalue weighted by Gasteiger charge is 2.14. The predicted octanol–water partition coefficient (Wildman–Crippen LogP) is 3.52. The minimum absolute atomic E-state index is 0.0106. The first-order chi connectivity index (χ1) is 9.60. The van der Waals surface area contributed by atoms with Crippen LogP contribution in [0.5, 0.6) is 5.75 Å². The second-order valence-electron chi connectivity index (χ2n) is 4.48. The molecule has 0 saturated heterocycles. The van der Waals surface area contributed by atoms with Crippen molar-refractivity contribution in [2.24, 2.45) is 0 Å². The van der Waals surface area contributed by atoms with Gasteiger partial charge in [0.15, 0.2) is 0 Å². The number of nitro groups is 1. The van der Waals surface area contributed by atoms with Crippen LogP contribution < -0.4 is 10.1 Å². The summed E-state index contributed by atoms with van der Waals surface area (Å²) in [6, 6.07) is 12.8. The molecule has 2 rings (SSSR count). The van der Waals surface area contributed by atoms with Crippen molar-refractivity contribution in [3.63, 3.8) is 0 Å². The fraction of sp³-hybridized carbons (Fsp3) is 0.200. The Morgan fingerprint density at radius 3 is 2.50 bits per heavy atom. The summed E-state index contributed by atoms with van der Waals surface area (Å²) in [5, 5.41) is 14.1. The van der Waals surface area contributed by atoms with Gasteiger partial charge in [-0.05, 0) is 24.6 Å². The fourth-order valence-electron chi connectivity index (χ4n) is 1.84. The molecule has 0 aliphatic heterocycles. The maximum Gasteiger partial charge on any atom is 0.296 e. The van der Waals surface area contributed by atoms with Crippen molar-refractivity contribution >= 4 is 11.4 Å². The number of benzene rings is 2. The Kier molecular flexibility index (Phi) is 4.20. The maximum absolute atomic E-state index is 11.1. The monoisotopic (exact) mass is 272 g/mol. The van der Waals surface area contributed by atoms with Crippen LogP contribution in [-0.2, 0) is 6.54 Å². The van der Waals surface area contributed by atoms with Gasteiger partial charge in [0.1, 0.15) is 11.4 Å². The number of nitrogens with zero attached hydrogens (tertiary/aromatic N) is 1. The van der Waals surface area contributed by atoms with E-state index in [1.807, 2.05) is 31.2 Å². The van der Waals surface area contributed by atoms with Crippen LogP contribution in [0.25, 0.3) is 0 Å². The van der Waals surface area contributed by atoms with Gasteiger partial charge in [-0.1, -0.05) is 29.8 Å². The molecule has 5 heteroatoms. The number of nitrogens with one attached hydrogen (secondary N) is 1. The zero-order chi connectivity index (χ0) is 14.5. The van der Waals surface area contributed by atoms with Crippen molar-refractivity contribution in [2.45, 2.75) is 13.5 Å². The Morgan fingerprint density at radius 1 is 1.20 bits per heavy atom. The summed E-state index contributed by atoms with van der Waals surface area (Å²) in [6.45, 7) is 2.55. The third kappa shape index (κ3) is 3.26. The quantitative estimate of drug-likeness (QED) is 0.668. The van der Waals surface area contributed by atoms with Gasteiger partial charge in [0, 0.05) is 6.54 Å². The van der Waals surface area contributed by atoms with E-state index < -0.39 is 4.92 Å². The number of ether oxygens (including phenoxy) is 1. The third-order valence-electron chi connectivity index (χ3n) is 3.01. The molecule has 0 bridgehead atoms. The molecule has 2 aromatic rings. The van der Waals surface area contributed by atoms with Gasteiger partial charge in [0.25, 0.3) is 5.69 Å². The van der Waals surface area contributed by atoms with Crippen molar-refractivity contribution in [3.8, 4) is 5.75 Å². The summed E-state index contributed by atoms with van der Waals surface area (Å²) in [7, 11) is 1.48. The molecule has 5 nitrogen and oxygen atoms in total. The molecule has 0 atom stereocenters. The van der Waals surface area contributed by atoms with Crippen LogP contribution >= 0.6 is 0 Å². The topological polar surface area (TPSA) is 64.4 Å². The van der Waals surface area contributed by atoms with E-state index in [9.17, 15) is 10.1 Å². The van der Waals surface area contributed by atoms with Crippen LogP contribution in [-0.4, -0.2) is 12.0 Å². The summed E-state index contributed by atoms with van der Waals surface area (Å²) in [5.41, 5.74) is 2.75. The number of anilines is 1. The summed E-state index contributed by atoms with van der Waals surface area (Å²) < 4.78 is 5.00. The lowest BCUT2D eigenvalue weighted by Crippen LogP contribution is -2.03. The molecule has 20 heavy (non-hydrogen) atoms. The van der Waals surface area contributed by atoms with E-state index in [4.69, 9.17) is 4.74 Å². The van der Waals surface area contributed by atoms with Gasteiger partial charge in [-0.15, -0.1) is 0 Å². The summed E-state index contributed by atoms with van der Waals surface area (Å²) in [4.78, 5) is 10.6. The smallest absolute Gasteiger partial charge is 0.296 e. The number of nitro benzene ring substituents is 1. The van der Waals surface area contributed by atoms with Gasteiger partial charge in [-0.25, -0.2) is 0 Å². The summed E-state index contributed by atoms with van der Waals surface area (Å²) >= 11 is 0. The van der Waals surface area contributed by atoms with Gasteiger partial charge in [-0.3, -0.25) is 10.1 Å². The highest BCUT2D eigenvalue weighted by molar-refractivity contribution is 5.64. The largest absolute Gasteiger partial charge is 0.496 e. The number of aryl methyl sites for hydroxylation is 1. The first kappa shape index (κ1) is 13.9. The van der Waals surface area contributed by atoms with E-state index in [1.54, 1.807) is 12.1 Å². The number of methoxy groups -OCH3 is 1. The molecule has 1 N–H and O–H groups in total. The van der Waals surface area contributed by atoms with Crippen LogP contribution in [0.15, 0.2) is 42.5 Å². The highest BCUT2D eigenvalue weighted by atomic mass is 16.6. The molecular weight excluding hydrogens is 256 g/mol. The number of hydrogen-bond donors (Lipinski definition) is 1. The molecular formula is C15H16N2O3. The zero-order valence-corrected chi connectivity index (χ0v) is 11.4. The molecule has 0 spiro atoms. The molecule has 2 aromatic carbocycles. The highest BCUT2D eigenvalue weighted by Crippen LogP contribution is 2.29. The van der Waals surface area contributed by atoms with Crippen LogP contribution in [0.4, 0.5) is 11.4 Å². The molecule has 104 valence electrons. The molecule has 0 fully saturated rings. The molecule has 0 heterocycles. The molecule has 0 saturated carbocycles. The lowest BCUT2D eigenvalue weighted by molar-refractivity contribution is -0.384. The molecule has 0 unspecified atom stereocenters. The van der Waals surface area contributed by atoms with E-state index in [0.717, 1.165) is 5.56 Å². The second-order valence-corrected chi connectivity index (χ2v) is 4.48. The van der Waals surface area contributed by atoms with Gasteiger partial charge < -0.3 is 10.1 Å². The first-order valence-corrected chi connectivity index (χ1v) is 6.22. The van der Waals surface area contributed by atoms with E-state index in [0.29, 0.717) is 18.0 Å². The van der Waals surface area contributed by atoms with Crippen molar-refractivity contribution in [1.29, 1.82) is 0 Å². The van der Waals surface area contributed by atoms with E-state index in [2.05, 4.69) is 5.32 Å². The van der Waals surface area contributed by atoms with Crippen molar-refractivity contribution in [3.05, 3.63) is 63.7 Å². The van der Waals surface area contributed by atoms with Crippen molar-refractivity contribution in [1.82, 2.24) is 0 Å². The summed E-state index contributed by atoms with van der Waals surface area (Å²) in [5.74, 6) is 0.470. The third-order valence-corrected chi connectivity index (χ3v) is 3.01. The Labute approximate surface area is 117 Å². The lowest BCUT2D eigenvalue weighted by Gasteiger charge is -2.08. The Bertz CT molecular complexity index is 609. The Hall–Kier alpha value is -2.56. The van der Waals surface area contributed by atoms with E-state index in [1.165, 1.54) is 18.7 Å². The van der Waals surface area contributed by atoms with E-state index >= 15 is 0 Å². The first-order valence-electron chi connectivity index (χ1n) is 6.22. The minimum Gasteiger partial charge on any atom is -0.496 e. The van der Waals surface area contributed by atoms with Gasteiger partial charge in [0.05, 0.1) is 18.1 Å². The van der Waals surface area contributed by atoms with Gasteiger partial charge in [-0.2, -0.15) is 0 Å². The molecule has 0 amide bonds. The Balaban J connectivity index is 2.16. The molecule has 0 aliphatic rings. The van der Waals surface area contributed by atoms with Crippen LogP contribution in [0.2, 0.25) is 0 Å². The average molecular weight is 272 g/mol.